The molecule has 41 heavy (non-hydrogen) atoms. The molecule has 3 aromatic carbocycles. The minimum absolute atomic E-state index is 0.167. The molecule has 0 aliphatic carbocycles. The van der Waals surface area contributed by atoms with Gasteiger partial charge in [0.05, 0.1) is 25.9 Å². The molecule has 1 N–H and O–H groups in total. The normalized spacial score (nSPS) is 14.0. The molecule has 5 rings (SSSR count). The van der Waals surface area contributed by atoms with Crippen LogP contribution in [-0.4, -0.2) is 35.0 Å². The van der Waals surface area contributed by atoms with Gasteiger partial charge in [0.15, 0.2) is 29.2 Å². The first-order valence-electron chi connectivity index (χ1n) is 13.7. The van der Waals surface area contributed by atoms with E-state index >= 15 is 4.39 Å². The van der Waals surface area contributed by atoms with Gasteiger partial charge in [-0.25, -0.2) is 13.6 Å². The van der Waals surface area contributed by atoms with E-state index in [1.165, 1.54) is 19.2 Å². The summed E-state index contributed by atoms with van der Waals surface area (Å²) in [6.45, 7) is 9.95. The number of aliphatic carboxylic acids is 1. The van der Waals surface area contributed by atoms with E-state index in [1.54, 1.807) is 32.9 Å². The molecule has 1 aliphatic heterocycles. The zero-order valence-electron chi connectivity index (χ0n) is 24.2. The third-order valence-electron chi connectivity index (χ3n) is 7.58. The Hall–Kier alpha value is -3.91. The van der Waals surface area contributed by atoms with Gasteiger partial charge in [0.1, 0.15) is 0 Å². The first-order valence-corrected chi connectivity index (χ1v) is 13.7. The van der Waals surface area contributed by atoms with Gasteiger partial charge in [0.25, 0.3) is 0 Å². The summed E-state index contributed by atoms with van der Waals surface area (Å²) in [5.74, 6) is -1.63. The van der Waals surface area contributed by atoms with Crippen molar-refractivity contribution >= 4 is 16.9 Å². The van der Waals surface area contributed by atoms with Crippen molar-refractivity contribution in [2.75, 3.05) is 13.7 Å². The Balaban J connectivity index is 1.81. The molecule has 216 valence electrons. The molecule has 0 saturated carbocycles. The summed E-state index contributed by atoms with van der Waals surface area (Å²) in [7, 11) is 1.43. The number of hydrogen-bond donors (Lipinski definition) is 1. The number of methoxy groups -OCH3 is 1. The van der Waals surface area contributed by atoms with E-state index < -0.39 is 29.3 Å². The summed E-state index contributed by atoms with van der Waals surface area (Å²) >= 11 is 0. The molecule has 0 radical (unpaired) electrons. The van der Waals surface area contributed by atoms with Gasteiger partial charge in [-0.15, -0.1) is 0 Å². The predicted molar refractivity (Wildman–Crippen MR) is 154 cm³/mol. The van der Waals surface area contributed by atoms with E-state index in [0.717, 1.165) is 28.5 Å². The first kappa shape index (κ1) is 28.6. The number of benzene rings is 3. The van der Waals surface area contributed by atoms with Crippen molar-refractivity contribution in [3.05, 3.63) is 82.0 Å². The minimum Gasteiger partial charge on any atom is -0.493 e. The number of aryl methyl sites for hydroxylation is 1. The Morgan fingerprint density at radius 2 is 1.90 bits per heavy atom. The Bertz CT molecular complexity index is 1650. The van der Waals surface area contributed by atoms with Crippen LogP contribution in [-0.2, 0) is 22.5 Å². The van der Waals surface area contributed by atoms with Gasteiger partial charge in [-0.1, -0.05) is 12.1 Å². The van der Waals surface area contributed by atoms with Gasteiger partial charge in [-0.3, -0.25) is 0 Å². The zero-order valence-corrected chi connectivity index (χ0v) is 24.2. The zero-order chi connectivity index (χ0) is 29.6. The number of carbonyl (C=O) groups is 1. The maximum Gasteiger partial charge on any atom is 0.337 e. The Morgan fingerprint density at radius 1 is 1.15 bits per heavy atom. The summed E-state index contributed by atoms with van der Waals surface area (Å²) in [5.41, 5.74) is 4.68. The second-order valence-electron chi connectivity index (χ2n) is 11.5. The third-order valence-corrected chi connectivity index (χ3v) is 7.58. The van der Waals surface area contributed by atoms with Gasteiger partial charge in [0, 0.05) is 33.8 Å². The highest BCUT2D eigenvalue weighted by molar-refractivity contribution is 6.01. The van der Waals surface area contributed by atoms with Crippen LogP contribution in [0.1, 0.15) is 61.1 Å². The van der Waals surface area contributed by atoms with Crippen LogP contribution in [0.25, 0.3) is 22.0 Å². The molecular formula is C33H35F2NO5. The molecule has 0 bridgehead atoms. The fraction of sp³-hybridized carbons (Fsp3) is 0.364. The number of ether oxygens (including phenoxy) is 3. The molecule has 8 heteroatoms. The van der Waals surface area contributed by atoms with Crippen LogP contribution in [0, 0.1) is 25.5 Å². The van der Waals surface area contributed by atoms with E-state index in [-0.39, 0.29) is 11.5 Å². The summed E-state index contributed by atoms with van der Waals surface area (Å²) in [6.07, 6.45) is 2.01. The van der Waals surface area contributed by atoms with Crippen molar-refractivity contribution in [2.24, 2.45) is 0 Å². The van der Waals surface area contributed by atoms with E-state index in [9.17, 15) is 14.3 Å². The van der Waals surface area contributed by atoms with Crippen molar-refractivity contribution < 1.29 is 32.9 Å². The van der Waals surface area contributed by atoms with E-state index in [1.807, 2.05) is 36.7 Å². The standard InChI is InChI=1S/C33H35F2NO5/c1-18-15-26-22(12-13-36(26)17-20-9-7-11-24(34)29(20)39-6)28(27(18)31(32(37)38)41-33(3,4)5)23-16-25(35)30-21(19(23)2)10-8-14-40-30/h7,9,11-13,15-16,31H,8,10,14,17H2,1-6H3,(H,37,38). The number of halogens is 2. The smallest absolute Gasteiger partial charge is 0.337 e. The molecule has 2 heterocycles. The van der Waals surface area contributed by atoms with Crippen molar-refractivity contribution in [3.63, 3.8) is 0 Å². The molecule has 0 fully saturated rings. The van der Waals surface area contributed by atoms with Gasteiger partial charge in [0.2, 0.25) is 0 Å². The lowest BCUT2D eigenvalue weighted by molar-refractivity contribution is -0.160. The summed E-state index contributed by atoms with van der Waals surface area (Å²) in [6, 6.07) is 10.0. The molecule has 1 aromatic heterocycles. The second kappa shape index (κ2) is 10.8. The molecule has 1 unspecified atom stereocenters. The number of carboxylic acids is 1. The average molecular weight is 564 g/mol. The number of nitrogens with zero attached hydrogens (tertiary/aromatic N) is 1. The summed E-state index contributed by atoms with van der Waals surface area (Å²) in [4.78, 5) is 12.7. The maximum atomic E-state index is 15.5. The molecule has 1 aliphatic rings. The molecular weight excluding hydrogens is 528 g/mol. The van der Waals surface area contributed by atoms with Crippen molar-refractivity contribution in [2.45, 2.75) is 65.7 Å². The van der Waals surface area contributed by atoms with Crippen LogP contribution >= 0.6 is 0 Å². The van der Waals surface area contributed by atoms with E-state index in [4.69, 9.17) is 14.2 Å². The Kier molecular flexibility index (Phi) is 7.55. The fourth-order valence-electron chi connectivity index (χ4n) is 5.84. The highest BCUT2D eigenvalue weighted by atomic mass is 19.1. The largest absolute Gasteiger partial charge is 0.493 e. The number of hydrogen-bond acceptors (Lipinski definition) is 4. The molecule has 4 aromatic rings. The highest BCUT2D eigenvalue weighted by Crippen LogP contribution is 2.45. The number of para-hydroxylation sites is 1. The molecule has 0 saturated heterocycles. The third kappa shape index (κ3) is 5.28. The van der Waals surface area contributed by atoms with Crippen LogP contribution in [0.5, 0.6) is 11.5 Å². The Labute approximate surface area is 238 Å². The average Bonchev–Trinajstić information content (AvgIpc) is 3.30. The van der Waals surface area contributed by atoms with Crippen LogP contribution in [0.3, 0.4) is 0 Å². The Morgan fingerprint density at radius 3 is 2.59 bits per heavy atom. The van der Waals surface area contributed by atoms with Gasteiger partial charge >= 0.3 is 5.97 Å². The minimum atomic E-state index is -1.30. The molecule has 0 spiro atoms. The second-order valence-corrected chi connectivity index (χ2v) is 11.5. The molecule has 1 atom stereocenters. The number of carboxylic acid groups (broad SMARTS) is 1. The SMILES string of the molecule is COc1c(F)cccc1Cn1ccc2c(-c3cc(F)c4c(c3C)CCCO4)c(C(OC(C)(C)C)C(=O)O)c(C)cc21. The summed E-state index contributed by atoms with van der Waals surface area (Å²) in [5, 5.41) is 11.1. The van der Waals surface area contributed by atoms with Gasteiger partial charge < -0.3 is 23.9 Å². The molecule has 6 nitrogen and oxygen atoms in total. The lowest BCUT2D eigenvalue weighted by atomic mass is 9.85. The van der Waals surface area contributed by atoms with Crippen LogP contribution < -0.4 is 9.47 Å². The topological polar surface area (TPSA) is 69.9 Å². The lowest BCUT2D eigenvalue weighted by Gasteiger charge is -2.29. The number of aromatic nitrogens is 1. The fourth-order valence-corrected chi connectivity index (χ4v) is 5.84. The number of fused-ring (bicyclic) bond motifs is 2. The van der Waals surface area contributed by atoms with Crippen molar-refractivity contribution in [1.82, 2.24) is 4.57 Å². The predicted octanol–water partition coefficient (Wildman–Crippen LogP) is 7.53. The van der Waals surface area contributed by atoms with Gasteiger partial charge in [-0.05, 0) is 94.0 Å². The van der Waals surface area contributed by atoms with Crippen molar-refractivity contribution in [1.29, 1.82) is 0 Å². The number of rotatable bonds is 7. The van der Waals surface area contributed by atoms with Crippen LogP contribution in [0.4, 0.5) is 8.78 Å². The quantitative estimate of drug-likeness (QED) is 0.252. The summed E-state index contributed by atoms with van der Waals surface area (Å²) < 4.78 is 49.1. The van der Waals surface area contributed by atoms with Crippen LogP contribution in [0.15, 0.2) is 42.6 Å². The van der Waals surface area contributed by atoms with E-state index in [0.29, 0.717) is 47.4 Å². The van der Waals surface area contributed by atoms with Crippen LogP contribution in [0.2, 0.25) is 0 Å². The van der Waals surface area contributed by atoms with Gasteiger partial charge in [-0.2, -0.15) is 0 Å². The molecule has 0 amide bonds. The lowest BCUT2D eigenvalue weighted by Crippen LogP contribution is -2.28. The first-order chi connectivity index (χ1) is 19.4. The maximum absolute atomic E-state index is 15.5. The monoisotopic (exact) mass is 563 g/mol. The van der Waals surface area contributed by atoms with Crippen molar-refractivity contribution in [3.8, 4) is 22.6 Å². The van der Waals surface area contributed by atoms with E-state index in [2.05, 4.69) is 0 Å². The highest BCUT2D eigenvalue weighted by Gasteiger charge is 2.33.